The van der Waals surface area contributed by atoms with E-state index in [1.807, 2.05) is 6.07 Å². The summed E-state index contributed by atoms with van der Waals surface area (Å²) in [6.07, 6.45) is 0. The number of fused-ring (bicyclic) bond motifs is 2. The van der Waals surface area contributed by atoms with Gasteiger partial charge in [-0.05, 0) is 30.3 Å². The first-order valence-corrected chi connectivity index (χ1v) is 10.4. The molecule has 0 aliphatic heterocycles. The summed E-state index contributed by atoms with van der Waals surface area (Å²) in [5, 5.41) is 19.6. The van der Waals surface area contributed by atoms with Gasteiger partial charge in [-0.25, -0.2) is 24.5 Å². The lowest BCUT2D eigenvalue weighted by Gasteiger charge is -1.97. The van der Waals surface area contributed by atoms with Crippen molar-refractivity contribution in [3.8, 4) is 21.1 Å². The van der Waals surface area contributed by atoms with Gasteiger partial charge >= 0.3 is 11.9 Å². The van der Waals surface area contributed by atoms with Crippen LogP contribution in [0.4, 0.5) is 0 Å². The third kappa shape index (κ3) is 3.19. The van der Waals surface area contributed by atoms with Crippen molar-refractivity contribution < 1.29 is 19.8 Å². The van der Waals surface area contributed by atoms with Crippen molar-refractivity contribution in [1.29, 1.82) is 0 Å². The highest BCUT2D eigenvalue weighted by Crippen LogP contribution is 2.35. The summed E-state index contributed by atoms with van der Waals surface area (Å²) in [5.41, 5.74) is 3.48. The van der Waals surface area contributed by atoms with Crippen LogP contribution in [0.5, 0.6) is 0 Å². The van der Waals surface area contributed by atoms with Crippen LogP contribution < -0.4 is 0 Å². The summed E-state index contributed by atoms with van der Waals surface area (Å²) in [7, 11) is 0. The number of hydrogen-bond acceptors (Lipinski definition) is 7. The molecule has 0 unspecified atom stereocenters. The number of carbonyl (C=O) groups is 2. The Hall–Kier alpha value is -3.69. The SMILES string of the molecule is O=C(O)c1ccc(-c2nc3nc4sc(-c5ccc(C(=O)O)cc5)nc4cc3s2)cc1. The summed E-state index contributed by atoms with van der Waals surface area (Å²) in [6.45, 7) is 0. The number of aromatic nitrogens is 3. The molecule has 0 saturated carbocycles. The molecule has 0 aliphatic carbocycles. The summed E-state index contributed by atoms with van der Waals surface area (Å²) in [4.78, 5) is 36.6. The highest BCUT2D eigenvalue weighted by atomic mass is 32.1. The van der Waals surface area contributed by atoms with E-state index in [-0.39, 0.29) is 11.1 Å². The minimum Gasteiger partial charge on any atom is -0.478 e. The van der Waals surface area contributed by atoms with Crippen molar-refractivity contribution in [2.24, 2.45) is 0 Å². The monoisotopic (exact) mass is 433 g/mol. The van der Waals surface area contributed by atoms with Crippen molar-refractivity contribution in [2.75, 3.05) is 0 Å². The number of carboxylic acids is 2. The van der Waals surface area contributed by atoms with Gasteiger partial charge in [-0.1, -0.05) is 35.6 Å². The zero-order valence-corrected chi connectivity index (χ0v) is 16.7. The third-order valence-corrected chi connectivity index (χ3v) is 6.56. The molecule has 0 fully saturated rings. The lowest BCUT2D eigenvalue weighted by Crippen LogP contribution is -1.94. The fourth-order valence-electron chi connectivity index (χ4n) is 2.97. The molecule has 5 rings (SSSR count). The van der Waals surface area contributed by atoms with Gasteiger partial charge in [-0.3, -0.25) is 0 Å². The predicted molar refractivity (Wildman–Crippen MR) is 115 cm³/mol. The van der Waals surface area contributed by atoms with Gasteiger partial charge in [0.1, 0.15) is 20.4 Å². The second-order valence-electron chi connectivity index (χ2n) is 6.44. The molecule has 9 heteroatoms. The largest absolute Gasteiger partial charge is 0.478 e. The Kier molecular flexibility index (Phi) is 4.27. The Morgan fingerprint density at radius 3 is 1.77 bits per heavy atom. The average Bonchev–Trinajstić information content (AvgIpc) is 3.35. The third-order valence-electron chi connectivity index (χ3n) is 4.50. The van der Waals surface area contributed by atoms with Crippen LogP contribution in [0.3, 0.4) is 0 Å². The van der Waals surface area contributed by atoms with Gasteiger partial charge in [-0.2, -0.15) is 0 Å². The van der Waals surface area contributed by atoms with Crippen LogP contribution in [0.25, 0.3) is 41.8 Å². The number of aromatic carboxylic acids is 2. The van der Waals surface area contributed by atoms with E-state index < -0.39 is 11.9 Å². The highest BCUT2D eigenvalue weighted by molar-refractivity contribution is 7.22. The molecule has 5 aromatic rings. The minimum atomic E-state index is -0.966. The molecule has 146 valence electrons. The maximum Gasteiger partial charge on any atom is 0.335 e. The van der Waals surface area contributed by atoms with Gasteiger partial charge in [-0.15, -0.1) is 11.3 Å². The van der Waals surface area contributed by atoms with Crippen LogP contribution in [-0.2, 0) is 0 Å². The van der Waals surface area contributed by atoms with Crippen LogP contribution in [0.15, 0.2) is 54.6 Å². The van der Waals surface area contributed by atoms with Gasteiger partial charge in [0.25, 0.3) is 0 Å². The van der Waals surface area contributed by atoms with E-state index in [0.717, 1.165) is 36.2 Å². The van der Waals surface area contributed by atoms with Gasteiger partial charge in [0, 0.05) is 11.1 Å². The van der Waals surface area contributed by atoms with Crippen LogP contribution in [0.1, 0.15) is 20.7 Å². The molecule has 2 N–H and O–H groups in total. The maximum atomic E-state index is 11.0. The first-order chi connectivity index (χ1) is 14.5. The van der Waals surface area contributed by atoms with Crippen molar-refractivity contribution >= 4 is 55.3 Å². The Morgan fingerprint density at radius 2 is 1.23 bits per heavy atom. The second kappa shape index (κ2) is 6.97. The van der Waals surface area contributed by atoms with Gasteiger partial charge in [0.05, 0.1) is 15.8 Å². The number of rotatable bonds is 4. The van der Waals surface area contributed by atoms with Crippen molar-refractivity contribution in [3.05, 3.63) is 65.7 Å². The molecule has 0 saturated heterocycles. The van der Waals surface area contributed by atoms with E-state index in [0.29, 0.717) is 5.65 Å². The van der Waals surface area contributed by atoms with Crippen LogP contribution in [0.2, 0.25) is 0 Å². The van der Waals surface area contributed by atoms with E-state index >= 15 is 0 Å². The van der Waals surface area contributed by atoms with E-state index in [4.69, 9.17) is 10.2 Å². The summed E-state index contributed by atoms with van der Waals surface area (Å²) >= 11 is 2.89. The number of nitrogens with zero attached hydrogens (tertiary/aromatic N) is 3. The number of carboxylic acid groups (broad SMARTS) is 2. The fraction of sp³-hybridized carbons (Fsp3) is 0. The molecule has 0 atom stereocenters. The zero-order valence-electron chi connectivity index (χ0n) is 15.1. The van der Waals surface area contributed by atoms with Gasteiger partial charge in [0.2, 0.25) is 0 Å². The zero-order chi connectivity index (χ0) is 20.8. The predicted octanol–water partition coefficient (Wildman–Crippen LogP) is 5.03. The molecule has 0 bridgehead atoms. The Balaban J connectivity index is 1.51. The Labute approximate surface area is 176 Å². The molecule has 3 heterocycles. The molecular formula is C21H11N3O4S2. The number of pyridine rings is 1. The van der Waals surface area contributed by atoms with Gasteiger partial charge < -0.3 is 10.2 Å². The second-order valence-corrected chi connectivity index (χ2v) is 8.45. The molecule has 0 amide bonds. The number of benzene rings is 2. The van der Waals surface area contributed by atoms with Crippen molar-refractivity contribution in [3.63, 3.8) is 0 Å². The lowest BCUT2D eigenvalue weighted by atomic mass is 10.1. The Bertz CT molecular complexity index is 1280. The summed E-state index contributed by atoms with van der Waals surface area (Å²) in [6, 6.07) is 15.1. The Morgan fingerprint density at radius 1 is 0.700 bits per heavy atom. The molecule has 2 aromatic carbocycles. The number of thiazole rings is 2. The van der Waals surface area contributed by atoms with Crippen molar-refractivity contribution in [1.82, 2.24) is 15.0 Å². The van der Waals surface area contributed by atoms with E-state index in [1.54, 1.807) is 48.5 Å². The van der Waals surface area contributed by atoms with Crippen molar-refractivity contribution in [2.45, 2.75) is 0 Å². The van der Waals surface area contributed by atoms with E-state index in [2.05, 4.69) is 15.0 Å². The van der Waals surface area contributed by atoms with Crippen LogP contribution in [0, 0.1) is 0 Å². The first kappa shape index (κ1) is 18.3. The molecule has 0 aliphatic rings. The maximum absolute atomic E-state index is 11.0. The molecule has 0 spiro atoms. The lowest BCUT2D eigenvalue weighted by molar-refractivity contribution is 0.0686. The molecule has 7 nitrogen and oxygen atoms in total. The van der Waals surface area contributed by atoms with Crippen LogP contribution >= 0.6 is 22.7 Å². The summed E-state index contributed by atoms with van der Waals surface area (Å²) in [5.74, 6) is -1.93. The quantitative estimate of drug-likeness (QED) is 0.408. The summed E-state index contributed by atoms with van der Waals surface area (Å²) < 4.78 is 0.887. The smallest absolute Gasteiger partial charge is 0.335 e. The van der Waals surface area contributed by atoms with Gasteiger partial charge in [0.15, 0.2) is 5.65 Å². The topological polar surface area (TPSA) is 113 Å². The minimum absolute atomic E-state index is 0.228. The number of hydrogen-bond donors (Lipinski definition) is 2. The molecule has 0 radical (unpaired) electrons. The molecular weight excluding hydrogens is 422 g/mol. The van der Waals surface area contributed by atoms with E-state index in [9.17, 15) is 9.59 Å². The normalized spacial score (nSPS) is 11.2. The first-order valence-electron chi connectivity index (χ1n) is 8.73. The van der Waals surface area contributed by atoms with E-state index in [1.165, 1.54) is 22.7 Å². The highest BCUT2D eigenvalue weighted by Gasteiger charge is 2.14. The molecule has 30 heavy (non-hydrogen) atoms. The van der Waals surface area contributed by atoms with Crippen LogP contribution in [-0.4, -0.2) is 37.1 Å². The molecule has 3 aromatic heterocycles. The fourth-order valence-corrected chi connectivity index (χ4v) is 4.84. The standard InChI is InChI=1S/C21H11N3O4S2/c25-20(26)12-5-1-10(2-6-12)17-22-14-9-15-16(24-19(14)30-17)23-18(29-15)11-3-7-13(8-4-11)21(27)28/h1-9H,(H,25,26)(H,27,28). The average molecular weight is 433 g/mol.